The third-order valence-corrected chi connectivity index (χ3v) is 3.91. The molecule has 0 amide bonds. The summed E-state index contributed by atoms with van der Waals surface area (Å²) in [7, 11) is 1.59. The van der Waals surface area contributed by atoms with Gasteiger partial charge in [-0.2, -0.15) is 0 Å². The first-order valence-corrected chi connectivity index (χ1v) is 6.23. The number of pyridine rings is 1. The van der Waals surface area contributed by atoms with E-state index in [-0.39, 0.29) is 18.0 Å². The van der Waals surface area contributed by atoms with E-state index in [0.717, 1.165) is 10.8 Å². The van der Waals surface area contributed by atoms with Crippen molar-refractivity contribution in [1.29, 1.82) is 0 Å². The molecule has 3 rings (SSSR count). The number of aromatic amines is 1. The Labute approximate surface area is 118 Å². The molecule has 0 spiro atoms. The van der Waals surface area contributed by atoms with Gasteiger partial charge in [-0.25, -0.2) is 0 Å². The molecule has 0 aliphatic rings. The number of benzene rings is 1. The van der Waals surface area contributed by atoms with E-state index in [1.54, 1.807) is 13.2 Å². The van der Waals surface area contributed by atoms with E-state index in [2.05, 4.69) is 4.98 Å². The lowest BCUT2D eigenvalue weighted by Crippen LogP contribution is -2.04. The number of thiophene rings is 1. The molecule has 3 nitrogen and oxygen atoms in total. The number of fused-ring (bicyclic) bond motifs is 3. The highest BCUT2D eigenvalue weighted by Crippen LogP contribution is 2.32. The number of ether oxygens (including phenoxy) is 1. The summed E-state index contributed by atoms with van der Waals surface area (Å²) in [5, 5.41) is 4.21. The number of H-pyrrole nitrogens is 1. The van der Waals surface area contributed by atoms with Crippen LogP contribution in [-0.2, 0) is 0 Å². The lowest BCUT2D eigenvalue weighted by molar-refractivity contribution is 0.415. The zero-order valence-electron chi connectivity index (χ0n) is 9.32. The number of rotatable bonds is 1. The van der Waals surface area contributed by atoms with Gasteiger partial charge in [0, 0.05) is 16.8 Å². The van der Waals surface area contributed by atoms with E-state index in [9.17, 15) is 4.79 Å². The maximum Gasteiger partial charge on any atom is 0.266 e. The van der Waals surface area contributed by atoms with Crippen LogP contribution in [0.5, 0.6) is 5.75 Å². The molecule has 2 aromatic heterocycles. The molecule has 0 radical (unpaired) electrons. The Balaban J connectivity index is 0.00000120. The fourth-order valence-electron chi connectivity index (χ4n) is 1.91. The van der Waals surface area contributed by atoms with Crippen LogP contribution in [0.1, 0.15) is 0 Å². The number of aromatic nitrogens is 1. The first-order valence-electron chi connectivity index (χ1n) is 4.97. The molecule has 18 heavy (non-hydrogen) atoms. The maximum absolute atomic E-state index is 11.8. The molecule has 0 atom stereocenters. The summed E-state index contributed by atoms with van der Waals surface area (Å²) < 4.78 is 5.90. The molecular formula is C12H9Cl2NO2S. The second-order valence-electron chi connectivity index (χ2n) is 3.65. The molecule has 0 bridgehead atoms. The molecule has 0 saturated heterocycles. The van der Waals surface area contributed by atoms with E-state index in [1.807, 2.05) is 17.5 Å². The largest absolute Gasteiger partial charge is 0.497 e. The van der Waals surface area contributed by atoms with Crippen molar-refractivity contribution < 1.29 is 4.74 Å². The van der Waals surface area contributed by atoms with Crippen LogP contribution in [0.4, 0.5) is 0 Å². The molecule has 2 heterocycles. The Kier molecular flexibility index (Phi) is 3.52. The number of methoxy groups -OCH3 is 1. The Hall–Kier alpha value is -1.23. The Morgan fingerprint density at radius 2 is 2.11 bits per heavy atom. The van der Waals surface area contributed by atoms with Crippen LogP contribution < -0.4 is 10.3 Å². The monoisotopic (exact) mass is 301 g/mol. The van der Waals surface area contributed by atoms with Crippen LogP contribution in [-0.4, -0.2) is 12.1 Å². The van der Waals surface area contributed by atoms with Crippen molar-refractivity contribution in [3.8, 4) is 5.75 Å². The normalized spacial score (nSPS) is 10.6. The van der Waals surface area contributed by atoms with E-state index in [1.165, 1.54) is 11.3 Å². The van der Waals surface area contributed by atoms with Crippen LogP contribution in [0.15, 0.2) is 28.4 Å². The van der Waals surface area contributed by atoms with Gasteiger partial charge < -0.3 is 9.72 Å². The van der Waals surface area contributed by atoms with Crippen molar-refractivity contribution in [2.24, 2.45) is 0 Å². The zero-order chi connectivity index (χ0) is 12.0. The van der Waals surface area contributed by atoms with Crippen LogP contribution in [0, 0.1) is 0 Å². The van der Waals surface area contributed by atoms with Crippen molar-refractivity contribution >= 4 is 56.3 Å². The smallest absolute Gasteiger partial charge is 0.266 e. The third-order valence-electron chi connectivity index (χ3n) is 2.70. The van der Waals surface area contributed by atoms with Crippen LogP contribution in [0.2, 0.25) is 5.02 Å². The van der Waals surface area contributed by atoms with E-state index < -0.39 is 0 Å². The van der Waals surface area contributed by atoms with Crippen molar-refractivity contribution in [3.05, 3.63) is 39.0 Å². The second-order valence-corrected chi connectivity index (χ2v) is 4.97. The first-order chi connectivity index (χ1) is 8.20. The quantitative estimate of drug-likeness (QED) is 0.742. The standard InChI is InChI=1S/C12H8ClNO2S.ClH/c1-16-6-4-8-7-2-3-17-11(7)12(15)14-10(8)9(13)5-6;/h2-5H,1H3,(H,14,15);1H. The van der Waals surface area contributed by atoms with Crippen molar-refractivity contribution in [2.75, 3.05) is 7.11 Å². The molecule has 3 aromatic rings. The van der Waals surface area contributed by atoms with Gasteiger partial charge in [0.05, 0.1) is 17.6 Å². The summed E-state index contributed by atoms with van der Waals surface area (Å²) in [6.45, 7) is 0. The predicted octanol–water partition coefficient (Wildman–Crippen LogP) is 3.83. The molecule has 1 N–H and O–H groups in total. The van der Waals surface area contributed by atoms with Gasteiger partial charge in [-0.3, -0.25) is 4.79 Å². The van der Waals surface area contributed by atoms with Crippen LogP contribution in [0.25, 0.3) is 21.0 Å². The number of halogens is 2. The summed E-state index contributed by atoms with van der Waals surface area (Å²) in [6.07, 6.45) is 0. The predicted molar refractivity (Wildman–Crippen MR) is 78.8 cm³/mol. The Bertz CT molecular complexity index is 779. The van der Waals surface area contributed by atoms with Gasteiger partial charge in [0.25, 0.3) is 5.56 Å². The molecular weight excluding hydrogens is 293 g/mol. The van der Waals surface area contributed by atoms with Crippen molar-refractivity contribution in [2.45, 2.75) is 0 Å². The highest BCUT2D eigenvalue weighted by Gasteiger charge is 2.10. The van der Waals surface area contributed by atoms with Gasteiger partial charge in [-0.15, -0.1) is 23.7 Å². The SMILES string of the molecule is COc1cc(Cl)c2[nH]c(=O)c3sccc3c2c1.Cl. The average Bonchev–Trinajstić information content (AvgIpc) is 2.80. The summed E-state index contributed by atoms with van der Waals surface area (Å²) >= 11 is 7.55. The van der Waals surface area contributed by atoms with Gasteiger partial charge in [-0.1, -0.05) is 11.6 Å². The van der Waals surface area contributed by atoms with Crippen LogP contribution >= 0.6 is 35.3 Å². The Morgan fingerprint density at radius 3 is 2.83 bits per heavy atom. The minimum Gasteiger partial charge on any atom is -0.497 e. The number of hydrogen-bond donors (Lipinski definition) is 1. The maximum atomic E-state index is 11.8. The minimum atomic E-state index is -0.102. The van der Waals surface area contributed by atoms with Gasteiger partial charge in [0.15, 0.2) is 0 Å². The van der Waals surface area contributed by atoms with Gasteiger partial charge in [-0.05, 0) is 17.5 Å². The van der Waals surface area contributed by atoms with E-state index in [0.29, 0.717) is 21.0 Å². The first kappa shape index (κ1) is 13.2. The van der Waals surface area contributed by atoms with E-state index in [4.69, 9.17) is 16.3 Å². The third kappa shape index (κ3) is 1.86. The molecule has 6 heteroatoms. The van der Waals surface area contributed by atoms with Gasteiger partial charge in [0.2, 0.25) is 0 Å². The number of nitrogens with one attached hydrogen (secondary N) is 1. The van der Waals surface area contributed by atoms with Crippen molar-refractivity contribution in [1.82, 2.24) is 4.98 Å². The minimum absolute atomic E-state index is 0. The lowest BCUT2D eigenvalue weighted by atomic mass is 10.1. The molecule has 0 aliphatic heterocycles. The second kappa shape index (κ2) is 4.80. The summed E-state index contributed by atoms with van der Waals surface area (Å²) in [4.78, 5) is 14.6. The van der Waals surface area contributed by atoms with Crippen molar-refractivity contribution in [3.63, 3.8) is 0 Å². The molecule has 94 valence electrons. The summed E-state index contributed by atoms with van der Waals surface area (Å²) in [6, 6.07) is 5.50. The summed E-state index contributed by atoms with van der Waals surface area (Å²) in [5.74, 6) is 0.682. The molecule has 0 unspecified atom stereocenters. The zero-order valence-corrected chi connectivity index (χ0v) is 11.7. The van der Waals surface area contributed by atoms with Crippen LogP contribution in [0.3, 0.4) is 0 Å². The molecule has 0 aliphatic carbocycles. The Morgan fingerprint density at radius 1 is 1.33 bits per heavy atom. The number of hydrogen-bond acceptors (Lipinski definition) is 3. The molecule has 1 aromatic carbocycles. The molecule has 0 saturated carbocycles. The van der Waals surface area contributed by atoms with E-state index >= 15 is 0 Å². The summed E-state index contributed by atoms with van der Waals surface area (Å²) in [5.41, 5.74) is 0.554. The topological polar surface area (TPSA) is 42.1 Å². The molecule has 0 fully saturated rings. The highest BCUT2D eigenvalue weighted by atomic mass is 35.5. The highest BCUT2D eigenvalue weighted by molar-refractivity contribution is 7.17. The average molecular weight is 302 g/mol. The van der Waals surface area contributed by atoms with Gasteiger partial charge in [0.1, 0.15) is 10.4 Å². The fraction of sp³-hybridized carbons (Fsp3) is 0.0833. The fourth-order valence-corrected chi connectivity index (χ4v) is 2.97. The van der Waals surface area contributed by atoms with Gasteiger partial charge >= 0.3 is 0 Å². The lowest BCUT2D eigenvalue weighted by Gasteiger charge is -2.05.